The molecule has 4 nitrogen and oxygen atoms in total. The molecular weight excluding hydrogens is 268 g/mol. The molecule has 21 heavy (non-hydrogen) atoms. The van der Waals surface area contributed by atoms with Crippen LogP contribution in [0, 0.1) is 10.8 Å². The average Bonchev–Trinajstić information content (AvgIpc) is 2.45. The van der Waals surface area contributed by atoms with Gasteiger partial charge in [-0.15, -0.1) is 0 Å². The SMILES string of the molecule is CCCC(C)(CC)C(=O)O.CCCC(CC)(CC)C(=O)O. The second kappa shape index (κ2) is 10.6. The third kappa shape index (κ3) is 6.96. The average molecular weight is 302 g/mol. The Hall–Kier alpha value is -1.06. The lowest BCUT2D eigenvalue weighted by Gasteiger charge is -2.25. The normalized spacial score (nSPS) is 13.8. The van der Waals surface area contributed by atoms with Gasteiger partial charge in [-0.25, -0.2) is 0 Å². The van der Waals surface area contributed by atoms with Crippen molar-refractivity contribution in [2.24, 2.45) is 10.8 Å². The maximum absolute atomic E-state index is 10.9. The molecule has 0 aliphatic rings. The smallest absolute Gasteiger partial charge is 0.309 e. The number of rotatable bonds is 9. The molecule has 0 heterocycles. The number of hydrogen-bond acceptors (Lipinski definition) is 2. The Labute approximate surface area is 129 Å². The van der Waals surface area contributed by atoms with Crippen LogP contribution in [0.2, 0.25) is 0 Å². The van der Waals surface area contributed by atoms with E-state index >= 15 is 0 Å². The second-order valence-electron chi connectivity index (χ2n) is 6.01. The maximum atomic E-state index is 10.9. The Bertz CT molecular complexity index is 308. The third-order valence-electron chi connectivity index (χ3n) is 4.63. The summed E-state index contributed by atoms with van der Waals surface area (Å²) < 4.78 is 0. The summed E-state index contributed by atoms with van der Waals surface area (Å²) in [7, 11) is 0. The summed E-state index contributed by atoms with van der Waals surface area (Å²) in [6.07, 6.45) is 5.67. The fraction of sp³-hybridized carbons (Fsp3) is 0.882. The van der Waals surface area contributed by atoms with Gasteiger partial charge in [0.05, 0.1) is 10.8 Å². The lowest BCUT2D eigenvalue weighted by molar-refractivity contribution is -0.150. The molecule has 0 aliphatic heterocycles. The molecule has 1 unspecified atom stereocenters. The van der Waals surface area contributed by atoms with Crippen molar-refractivity contribution >= 4 is 11.9 Å². The van der Waals surface area contributed by atoms with E-state index in [1.54, 1.807) is 6.92 Å². The highest BCUT2D eigenvalue weighted by atomic mass is 16.4. The van der Waals surface area contributed by atoms with Crippen LogP contribution in [0.25, 0.3) is 0 Å². The molecule has 0 rings (SSSR count). The molecule has 0 amide bonds. The predicted octanol–water partition coefficient (Wildman–Crippen LogP) is 4.96. The first-order valence-electron chi connectivity index (χ1n) is 8.16. The Balaban J connectivity index is 0. The molecule has 0 aromatic carbocycles. The van der Waals surface area contributed by atoms with Crippen molar-refractivity contribution in [2.45, 2.75) is 86.5 Å². The molecule has 0 spiro atoms. The predicted molar refractivity (Wildman–Crippen MR) is 86.5 cm³/mol. The van der Waals surface area contributed by atoms with E-state index in [-0.39, 0.29) is 0 Å². The Morgan fingerprint density at radius 2 is 1.19 bits per heavy atom. The largest absolute Gasteiger partial charge is 0.481 e. The highest BCUT2D eigenvalue weighted by Crippen LogP contribution is 2.32. The molecule has 1 atom stereocenters. The minimum Gasteiger partial charge on any atom is -0.481 e. The zero-order chi connectivity index (χ0) is 17.1. The van der Waals surface area contributed by atoms with Crippen LogP contribution in [0.4, 0.5) is 0 Å². The van der Waals surface area contributed by atoms with E-state index in [1.807, 2.05) is 34.6 Å². The van der Waals surface area contributed by atoms with Gasteiger partial charge in [-0.05, 0) is 39.0 Å². The summed E-state index contributed by atoms with van der Waals surface area (Å²) in [5.41, 5.74) is -0.941. The van der Waals surface area contributed by atoms with Crippen molar-refractivity contribution in [3.05, 3.63) is 0 Å². The second-order valence-corrected chi connectivity index (χ2v) is 6.01. The monoisotopic (exact) mass is 302 g/mol. The van der Waals surface area contributed by atoms with E-state index in [1.165, 1.54) is 0 Å². The lowest BCUT2D eigenvalue weighted by Crippen LogP contribution is -2.29. The van der Waals surface area contributed by atoms with Gasteiger partial charge in [-0.3, -0.25) is 9.59 Å². The molecule has 0 aromatic heterocycles. The summed E-state index contributed by atoms with van der Waals surface area (Å²) in [5, 5.41) is 17.7. The quantitative estimate of drug-likeness (QED) is 0.631. The van der Waals surface area contributed by atoms with Crippen LogP contribution in [-0.2, 0) is 9.59 Å². The number of carbonyl (C=O) groups is 2. The first kappa shape index (κ1) is 22.2. The van der Waals surface area contributed by atoms with Crippen LogP contribution in [0.1, 0.15) is 86.5 Å². The fourth-order valence-corrected chi connectivity index (χ4v) is 2.48. The Kier molecular flexibility index (Phi) is 11.3. The first-order valence-corrected chi connectivity index (χ1v) is 8.16. The molecule has 126 valence electrons. The van der Waals surface area contributed by atoms with Crippen molar-refractivity contribution in [1.82, 2.24) is 0 Å². The van der Waals surface area contributed by atoms with Gasteiger partial charge in [-0.2, -0.15) is 0 Å². The molecule has 0 aromatic rings. The minimum atomic E-state index is -0.670. The Morgan fingerprint density at radius 3 is 1.29 bits per heavy atom. The molecule has 2 N–H and O–H groups in total. The van der Waals surface area contributed by atoms with Gasteiger partial charge in [0, 0.05) is 0 Å². The van der Waals surface area contributed by atoms with E-state index in [2.05, 4.69) is 0 Å². The summed E-state index contributed by atoms with van der Waals surface area (Å²) >= 11 is 0. The number of hydrogen-bond donors (Lipinski definition) is 2. The molecule has 0 radical (unpaired) electrons. The van der Waals surface area contributed by atoms with Crippen LogP contribution in [0.3, 0.4) is 0 Å². The van der Waals surface area contributed by atoms with Gasteiger partial charge in [0.25, 0.3) is 0 Å². The third-order valence-corrected chi connectivity index (χ3v) is 4.63. The molecule has 0 fully saturated rings. The van der Waals surface area contributed by atoms with E-state index in [0.29, 0.717) is 0 Å². The number of aliphatic carboxylic acids is 2. The minimum absolute atomic E-state index is 0.450. The summed E-state index contributed by atoms with van der Waals surface area (Å²) in [6.45, 7) is 11.7. The molecule has 0 saturated heterocycles. The van der Waals surface area contributed by atoms with Gasteiger partial charge >= 0.3 is 11.9 Å². The van der Waals surface area contributed by atoms with Crippen LogP contribution >= 0.6 is 0 Å². The van der Waals surface area contributed by atoms with E-state index in [9.17, 15) is 9.59 Å². The zero-order valence-electron chi connectivity index (χ0n) is 14.7. The van der Waals surface area contributed by atoms with Crippen LogP contribution in [-0.4, -0.2) is 22.2 Å². The lowest BCUT2D eigenvalue weighted by atomic mass is 9.78. The van der Waals surface area contributed by atoms with Crippen LogP contribution in [0.15, 0.2) is 0 Å². The van der Waals surface area contributed by atoms with Crippen LogP contribution < -0.4 is 0 Å². The van der Waals surface area contributed by atoms with Crippen molar-refractivity contribution in [2.75, 3.05) is 0 Å². The number of carboxylic acids is 2. The van der Waals surface area contributed by atoms with E-state index in [0.717, 1.165) is 44.9 Å². The van der Waals surface area contributed by atoms with Crippen molar-refractivity contribution in [3.63, 3.8) is 0 Å². The van der Waals surface area contributed by atoms with Gasteiger partial charge in [0.1, 0.15) is 0 Å². The number of carboxylic acid groups (broad SMARTS) is 2. The Morgan fingerprint density at radius 1 is 0.762 bits per heavy atom. The van der Waals surface area contributed by atoms with E-state index in [4.69, 9.17) is 10.2 Å². The van der Waals surface area contributed by atoms with Gasteiger partial charge < -0.3 is 10.2 Å². The summed E-state index contributed by atoms with van der Waals surface area (Å²) in [5.74, 6) is -1.30. The van der Waals surface area contributed by atoms with Crippen molar-refractivity contribution in [3.8, 4) is 0 Å². The van der Waals surface area contributed by atoms with Crippen molar-refractivity contribution < 1.29 is 19.8 Å². The molecule has 0 aliphatic carbocycles. The van der Waals surface area contributed by atoms with Crippen molar-refractivity contribution in [1.29, 1.82) is 0 Å². The summed E-state index contributed by atoms with van der Waals surface area (Å²) in [4.78, 5) is 21.5. The van der Waals surface area contributed by atoms with E-state index < -0.39 is 22.8 Å². The molecule has 0 bridgehead atoms. The van der Waals surface area contributed by atoms with Gasteiger partial charge in [-0.1, -0.05) is 47.5 Å². The highest BCUT2D eigenvalue weighted by molar-refractivity contribution is 5.74. The standard InChI is InChI=1S/C9H18O2.C8H16O2/c1-4-7-9(5-2,6-3)8(10)11;1-4-6-8(3,5-2)7(9)10/h4-7H2,1-3H3,(H,10,11);4-6H2,1-3H3,(H,9,10). The van der Waals surface area contributed by atoms with Gasteiger partial charge in [0.2, 0.25) is 0 Å². The topological polar surface area (TPSA) is 74.6 Å². The highest BCUT2D eigenvalue weighted by Gasteiger charge is 2.33. The summed E-state index contributed by atoms with van der Waals surface area (Å²) in [6, 6.07) is 0. The molecule has 0 saturated carbocycles. The maximum Gasteiger partial charge on any atom is 0.309 e. The first-order chi connectivity index (χ1) is 9.69. The zero-order valence-corrected chi connectivity index (χ0v) is 14.7. The fourth-order valence-electron chi connectivity index (χ4n) is 2.48. The molecular formula is C17H34O4. The van der Waals surface area contributed by atoms with Crippen LogP contribution in [0.5, 0.6) is 0 Å². The molecule has 4 heteroatoms. The van der Waals surface area contributed by atoms with Gasteiger partial charge in [0.15, 0.2) is 0 Å².